The van der Waals surface area contributed by atoms with Crippen molar-refractivity contribution in [2.45, 2.75) is 32.2 Å². The van der Waals surface area contributed by atoms with Crippen molar-refractivity contribution in [1.29, 1.82) is 0 Å². The van der Waals surface area contributed by atoms with Crippen LogP contribution in [0.4, 0.5) is 4.79 Å². The molecule has 2 amide bonds. The first kappa shape index (κ1) is 18.8. The highest BCUT2D eigenvalue weighted by molar-refractivity contribution is 5.79. The molecule has 1 saturated heterocycles. The maximum Gasteiger partial charge on any atom is 0.410 e. The number of hydrogen-bond donors (Lipinski definition) is 1. The van der Waals surface area contributed by atoms with Crippen molar-refractivity contribution in [1.82, 2.24) is 10.2 Å². The molecule has 6 nitrogen and oxygen atoms in total. The van der Waals surface area contributed by atoms with Crippen LogP contribution in [0.3, 0.4) is 0 Å². The number of piperidine rings is 1. The number of hydrogen-bond acceptors (Lipinski definition) is 4. The zero-order valence-electron chi connectivity index (χ0n) is 14.7. The van der Waals surface area contributed by atoms with Gasteiger partial charge in [-0.3, -0.25) is 4.79 Å². The molecule has 1 aromatic carbocycles. The summed E-state index contributed by atoms with van der Waals surface area (Å²) in [6, 6.07) is 7.66. The fraction of sp³-hybridized carbons (Fsp3) is 0.474. The monoisotopic (exact) mass is 346 g/mol. The summed E-state index contributed by atoms with van der Waals surface area (Å²) in [5.74, 6) is 0.805. The highest BCUT2D eigenvalue weighted by Gasteiger charge is 2.24. The first-order chi connectivity index (χ1) is 12.1. The third-order valence-electron chi connectivity index (χ3n) is 4.04. The van der Waals surface area contributed by atoms with Gasteiger partial charge in [0.2, 0.25) is 5.91 Å². The second-order valence-electron chi connectivity index (χ2n) is 5.95. The fourth-order valence-corrected chi connectivity index (χ4v) is 2.76. The minimum atomic E-state index is -0.320. The lowest BCUT2D eigenvalue weighted by atomic mass is 10.0. The quantitative estimate of drug-likeness (QED) is 0.771. The van der Waals surface area contributed by atoms with E-state index in [9.17, 15) is 9.59 Å². The van der Waals surface area contributed by atoms with Crippen molar-refractivity contribution in [3.8, 4) is 5.75 Å². The molecule has 1 aliphatic rings. The van der Waals surface area contributed by atoms with E-state index in [0.29, 0.717) is 26.1 Å². The second kappa shape index (κ2) is 9.71. The van der Waals surface area contributed by atoms with Crippen LogP contribution in [0.2, 0.25) is 0 Å². The van der Waals surface area contributed by atoms with Crippen LogP contribution in [0.5, 0.6) is 5.75 Å². The van der Waals surface area contributed by atoms with Gasteiger partial charge in [0.05, 0.1) is 13.0 Å². The maximum atomic E-state index is 12.2. The van der Waals surface area contributed by atoms with Gasteiger partial charge in [-0.1, -0.05) is 24.8 Å². The second-order valence-corrected chi connectivity index (χ2v) is 5.95. The van der Waals surface area contributed by atoms with Crippen LogP contribution in [0.25, 0.3) is 0 Å². The third-order valence-corrected chi connectivity index (χ3v) is 4.04. The van der Waals surface area contributed by atoms with Crippen molar-refractivity contribution >= 4 is 12.0 Å². The van der Waals surface area contributed by atoms with Crippen molar-refractivity contribution in [2.24, 2.45) is 0 Å². The topological polar surface area (TPSA) is 67.9 Å². The number of carbonyl (C=O) groups is 2. The first-order valence-electron chi connectivity index (χ1n) is 8.66. The average molecular weight is 346 g/mol. The van der Waals surface area contributed by atoms with E-state index in [1.165, 1.54) is 0 Å². The normalized spacial score (nSPS) is 14.7. The van der Waals surface area contributed by atoms with Gasteiger partial charge in [-0.15, -0.1) is 0 Å². The molecule has 1 heterocycles. The fourth-order valence-electron chi connectivity index (χ4n) is 2.76. The Hall–Kier alpha value is -2.50. The van der Waals surface area contributed by atoms with Crippen molar-refractivity contribution in [2.75, 3.05) is 26.3 Å². The van der Waals surface area contributed by atoms with Crippen LogP contribution in [0, 0.1) is 0 Å². The minimum absolute atomic E-state index is 0.00292. The molecule has 0 spiro atoms. The minimum Gasteiger partial charge on any atom is -0.494 e. The molecule has 0 unspecified atom stereocenters. The van der Waals surface area contributed by atoms with E-state index in [-0.39, 0.29) is 24.6 Å². The summed E-state index contributed by atoms with van der Waals surface area (Å²) < 4.78 is 10.4. The summed E-state index contributed by atoms with van der Waals surface area (Å²) >= 11 is 0. The van der Waals surface area contributed by atoms with Crippen molar-refractivity contribution < 1.29 is 19.1 Å². The van der Waals surface area contributed by atoms with Crippen LogP contribution < -0.4 is 10.1 Å². The molecule has 1 aliphatic heterocycles. The molecule has 2 rings (SSSR count). The molecule has 1 N–H and O–H groups in total. The number of nitrogens with one attached hydrogen (secondary N) is 1. The molecule has 0 aromatic heterocycles. The van der Waals surface area contributed by atoms with Crippen LogP contribution >= 0.6 is 0 Å². The predicted octanol–water partition coefficient (Wildman–Crippen LogP) is 2.53. The summed E-state index contributed by atoms with van der Waals surface area (Å²) in [6.07, 6.45) is 3.04. The number of ether oxygens (including phenoxy) is 2. The van der Waals surface area contributed by atoms with E-state index in [4.69, 9.17) is 9.47 Å². The van der Waals surface area contributed by atoms with Crippen LogP contribution in [-0.4, -0.2) is 49.2 Å². The predicted molar refractivity (Wildman–Crippen MR) is 95.6 cm³/mol. The molecule has 6 heteroatoms. The number of amides is 2. The van der Waals surface area contributed by atoms with E-state index < -0.39 is 0 Å². The molecule has 1 fully saturated rings. The highest BCUT2D eigenvalue weighted by atomic mass is 16.6. The number of likely N-dealkylation sites (tertiary alicyclic amines) is 1. The number of benzene rings is 1. The van der Waals surface area contributed by atoms with Gasteiger partial charge in [0.15, 0.2) is 0 Å². The summed E-state index contributed by atoms with van der Waals surface area (Å²) in [5, 5.41) is 3.04. The SMILES string of the molecule is C=CCOC(=O)N1CCC(NC(=O)Cc2ccc(OCC)cc2)CC1. The Morgan fingerprint density at radius 3 is 2.56 bits per heavy atom. The van der Waals surface area contributed by atoms with Crippen LogP contribution in [-0.2, 0) is 16.0 Å². The summed E-state index contributed by atoms with van der Waals surface area (Å²) in [4.78, 5) is 25.6. The molecule has 25 heavy (non-hydrogen) atoms. The molecule has 0 aliphatic carbocycles. The van der Waals surface area contributed by atoms with E-state index >= 15 is 0 Å². The molecule has 0 atom stereocenters. The van der Waals surface area contributed by atoms with E-state index in [1.807, 2.05) is 31.2 Å². The van der Waals surface area contributed by atoms with Gasteiger partial charge < -0.3 is 19.7 Å². The van der Waals surface area contributed by atoms with Gasteiger partial charge in [-0.25, -0.2) is 4.79 Å². The highest BCUT2D eigenvalue weighted by Crippen LogP contribution is 2.14. The van der Waals surface area contributed by atoms with Gasteiger partial charge in [0.1, 0.15) is 12.4 Å². The Balaban J connectivity index is 1.73. The maximum absolute atomic E-state index is 12.2. The third kappa shape index (κ3) is 6.14. The molecule has 0 bridgehead atoms. The van der Waals surface area contributed by atoms with E-state index in [2.05, 4.69) is 11.9 Å². The average Bonchev–Trinajstić information content (AvgIpc) is 2.62. The van der Waals surface area contributed by atoms with Gasteiger partial charge in [0.25, 0.3) is 0 Å². The lowest BCUT2D eigenvalue weighted by Gasteiger charge is -2.31. The molecule has 136 valence electrons. The lowest BCUT2D eigenvalue weighted by Crippen LogP contribution is -2.47. The zero-order valence-corrected chi connectivity index (χ0v) is 14.7. The Kier molecular flexibility index (Phi) is 7.32. The van der Waals surface area contributed by atoms with Crippen molar-refractivity contribution in [3.63, 3.8) is 0 Å². The van der Waals surface area contributed by atoms with Gasteiger partial charge in [-0.05, 0) is 37.5 Å². The summed E-state index contributed by atoms with van der Waals surface area (Å²) in [6.45, 7) is 7.48. The van der Waals surface area contributed by atoms with Crippen LogP contribution in [0.15, 0.2) is 36.9 Å². The summed E-state index contributed by atoms with van der Waals surface area (Å²) in [7, 11) is 0. The zero-order chi connectivity index (χ0) is 18.1. The number of nitrogens with zero attached hydrogens (tertiary/aromatic N) is 1. The Bertz CT molecular complexity index is 578. The number of rotatable bonds is 7. The molecular weight excluding hydrogens is 320 g/mol. The Morgan fingerprint density at radius 1 is 1.28 bits per heavy atom. The number of carbonyl (C=O) groups excluding carboxylic acids is 2. The summed E-state index contributed by atoms with van der Waals surface area (Å²) in [5.41, 5.74) is 0.950. The van der Waals surface area contributed by atoms with Gasteiger partial charge in [-0.2, -0.15) is 0 Å². The van der Waals surface area contributed by atoms with Crippen LogP contribution in [0.1, 0.15) is 25.3 Å². The molecule has 0 radical (unpaired) electrons. The van der Waals surface area contributed by atoms with E-state index in [1.54, 1.807) is 11.0 Å². The Morgan fingerprint density at radius 2 is 1.96 bits per heavy atom. The molecular formula is C19H26N2O4. The van der Waals surface area contributed by atoms with Crippen molar-refractivity contribution in [3.05, 3.63) is 42.5 Å². The lowest BCUT2D eigenvalue weighted by molar-refractivity contribution is -0.121. The Labute approximate surface area is 148 Å². The van der Waals surface area contributed by atoms with Gasteiger partial charge >= 0.3 is 6.09 Å². The largest absolute Gasteiger partial charge is 0.494 e. The molecule has 1 aromatic rings. The van der Waals surface area contributed by atoms with E-state index in [0.717, 1.165) is 24.2 Å². The molecule has 0 saturated carbocycles. The first-order valence-corrected chi connectivity index (χ1v) is 8.66. The van der Waals surface area contributed by atoms with Gasteiger partial charge in [0, 0.05) is 19.1 Å². The smallest absolute Gasteiger partial charge is 0.410 e. The standard InChI is InChI=1S/C19H26N2O4/c1-3-13-25-19(23)21-11-9-16(10-12-21)20-18(22)14-15-5-7-17(8-6-15)24-4-2/h3,5-8,16H,1,4,9-14H2,2H3,(H,20,22).